The molecule has 148 valence electrons. The molecule has 28 heavy (non-hydrogen) atoms. The molecule has 1 aliphatic heterocycles. The summed E-state index contributed by atoms with van der Waals surface area (Å²) in [5.74, 6) is -2.94. The van der Waals surface area contributed by atoms with Crippen molar-refractivity contribution in [2.45, 2.75) is 24.9 Å². The van der Waals surface area contributed by atoms with E-state index in [1.165, 1.54) is 4.90 Å². The van der Waals surface area contributed by atoms with Crippen molar-refractivity contribution in [3.05, 3.63) is 65.5 Å². The number of nitrogens with zero attached hydrogens (tertiary/aromatic N) is 1. The Bertz CT molecular complexity index is 865. The Morgan fingerprint density at radius 2 is 1.71 bits per heavy atom. The molecule has 0 radical (unpaired) electrons. The summed E-state index contributed by atoms with van der Waals surface area (Å²) in [4.78, 5) is 26.1. The van der Waals surface area contributed by atoms with Crippen LogP contribution in [0.3, 0.4) is 0 Å². The molecule has 1 saturated heterocycles. The number of carboxylic acids is 1. The molecule has 0 aromatic heterocycles. The van der Waals surface area contributed by atoms with Gasteiger partial charge in [-0.3, -0.25) is 9.59 Å². The van der Waals surface area contributed by atoms with Crippen molar-refractivity contribution in [1.82, 2.24) is 4.90 Å². The third-order valence-corrected chi connectivity index (χ3v) is 5.03. The van der Waals surface area contributed by atoms with E-state index >= 15 is 0 Å². The Morgan fingerprint density at radius 3 is 2.29 bits per heavy atom. The summed E-state index contributed by atoms with van der Waals surface area (Å²) >= 11 is 0. The molecule has 0 unspecified atom stereocenters. The van der Waals surface area contributed by atoms with Crippen molar-refractivity contribution in [3.8, 4) is 5.75 Å². The first-order valence-electron chi connectivity index (χ1n) is 8.66. The van der Waals surface area contributed by atoms with E-state index in [1.807, 2.05) is 0 Å². The van der Waals surface area contributed by atoms with Gasteiger partial charge < -0.3 is 14.7 Å². The lowest BCUT2D eigenvalue weighted by Gasteiger charge is -2.39. The minimum Gasteiger partial charge on any atom is -0.481 e. The van der Waals surface area contributed by atoms with Crippen molar-refractivity contribution < 1.29 is 32.6 Å². The van der Waals surface area contributed by atoms with Gasteiger partial charge in [0.25, 0.3) is 5.91 Å². The fraction of sp³-hybridized carbons (Fsp3) is 0.300. The summed E-state index contributed by atoms with van der Waals surface area (Å²) in [5.41, 5.74) is -0.661. The van der Waals surface area contributed by atoms with E-state index in [9.17, 15) is 27.9 Å². The lowest BCUT2D eigenvalue weighted by Crippen LogP contribution is -2.49. The summed E-state index contributed by atoms with van der Waals surface area (Å²) in [5, 5.41) is 9.81. The van der Waals surface area contributed by atoms with Gasteiger partial charge >= 0.3 is 12.6 Å². The zero-order chi connectivity index (χ0) is 20.3. The van der Waals surface area contributed by atoms with Gasteiger partial charge in [0.2, 0.25) is 0 Å². The van der Waals surface area contributed by atoms with Crippen molar-refractivity contribution in [3.63, 3.8) is 0 Å². The van der Waals surface area contributed by atoms with Crippen LogP contribution in [0.25, 0.3) is 0 Å². The molecule has 0 saturated carbocycles. The second-order valence-corrected chi connectivity index (χ2v) is 6.56. The average Bonchev–Trinajstić information content (AvgIpc) is 2.68. The number of benzene rings is 2. The highest BCUT2D eigenvalue weighted by Gasteiger charge is 2.44. The maximum atomic E-state index is 13.4. The van der Waals surface area contributed by atoms with Crippen LogP contribution in [0.5, 0.6) is 5.75 Å². The Balaban J connectivity index is 1.81. The monoisotopic (exact) mass is 393 g/mol. The van der Waals surface area contributed by atoms with E-state index in [0.29, 0.717) is 5.56 Å². The van der Waals surface area contributed by atoms with E-state index in [1.54, 1.807) is 30.3 Å². The van der Waals surface area contributed by atoms with Gasteiger partial charge in [-0.1, -0.05) is 30.3 Å². The van der Waals surface area contributed by atoms with Crippen LogP contribution in [-0.2, 0) is 10.2 Å². The minimum absolute atomic E-state index is 0.117. The van der Waals surface area contributed by atoms with Crippen LogP contribution in [0.15, 0.2) is 48.5 Å². The van der Waals surface area contributed by atoms with E-state index in [4.69, 9.17) is 0 Å². The first-order valence-corrected chi connectivity index (χ1v) is 8.66. The third-order valence-electron chi connectivity index (χ3n) is 5.03. The SMILES string of the molecule is O=C(c1ccc(F)cc1OC(F)F)N1CCC(C(=O)O)(c2ccccc2)CC1. The standard InChI is InChI=1S/C20H18F3NO4/c21-14-6-7-15(16(12-14)28-19(22)23)17(25)24-10-8-20(9-11-24,18(26)27)13-4-2-1-3-5-13/h1-7,12,19H,8-11H2,(H,26,27). The van der Waals surface area contributed by atoms with Gasteiger partial charge in [0.05, 0.1) is 11.0 Å². The van der Waals surface area contributed by atoms with Crippen molar-refractivity contribution in [2.24, 2.45) is 0 Å². The molecule has 1 fully saturated rings. The molecule has 0 spiro atoms. The number of rotatable bonds is 5. The molecule has 2 aromatic carbocycles. The fourth-order valence-electron chi connectivity index (χ4n) is 3.51. The molecule has 2 aromatic rings. The maximum Gasteiger partial charge on any atom is 0.387 e. The number of ether oxygens (including phenoxy) is 1. The van der Waals surface area contributed by atoms with E-state index in [0.717, 1.165) is 18.2 Å². The summed E-state index contributed by atoms with van der Waals surface area (Å²) in [7, 11) is 0. The van der Waals surface area contributed by atoms with Crippen LogP contribution < -0.4 is 4.74 Å². The molecular formula is C20H18F3NO4. The Morgan fingerprint density at radius 1 is 1.07 bits per heavy atom. The molecule has 0 bridgehead atoms. The van der Waals surface area contributed by atoms with Gasteiger partial charge in [-0.25, -0.2) is 4.39 Å². The van der Waals surface area contributed by atoms with Crippen LogP contribution in [0.1, 0.15) is 28.8 Å². The molecule has 1 amide bonds. The number of hydrogen-bond donors (Lipinski definition) is 1. The van der Waals surface area contributed by atoms with Crippen LogP contribution in [0.2, 0.25) is 0 Å². The summed E-state index contributed by atoms with van der Waals surface area (Å²) < 4.78 is 42.8. The lowest BCUT2D eigenvalue weighted by atomic mass is 9.72. The summed E-state index contributed by atoms with van der Waals surface area (Å²) in [6.07, 6.45) is 0.342. The predicted molar refractivity (Wildman–Crippen MR) is 93.9 cm³/mol. The minimum atomic E-state index is -3.20. The number of hydrogen-bond acceptors (Lipinski definition) is 3. The van der Waals surface area contributed by atoms with E-state index < -0.39 is 35.5 Å². The Kier molecular flexibility index (Phi) is 5.58. The highest BCUT2D eigenvalue weighted by molar-refractivity contribution is 5.97. The number of alkyl halides is 2. The van der Waals surface area contributed by atoms with Gasteiger partial charge in [-0.15, -0.1) is 0 Å². The first-order chi connectivity index (χ1) is 13.3. The van der Waals surface area contributed by atoms with Crippen molar-refractivity contribution in [2.75, 3.05) is 13.1 Å². The first kappa shape index (κ1) is 19.7. The highest BCUT2D eigenvalue weighted by Crippen LogP contribution is 2.37. The molecule has 3 rings (SSSR count). The molecule has 1 aliphatic rings. The van der Waals surface area contributed by atoms with Crippen LogP contribution in [0.4, 0.5) is 13.2 Å². The maximum absolute atomic E-state index is 13.4. The number of halogens is 3. The van der Waals surface area contributed by atoms with Gasteiger partial charge in [0, 0.05) is 19.2 Å². The number of piperidine rings is 1. The molecule has 5 nitrogen and oxygen atoms in total. The van der Waals surface area contributed by atoms with Crippen molar-refractivity contribution >= 4 is 11.9 Å². The molecule has 1 N–H and O–H groups in total. The van der Waals surface area contributed by atoms with Gasteiger partial charge in [-0.2, -0.15) is 8.78 Å². The van der Waals surface area contributed by atoms with E-state index in [-0.39, 0.29) is 31.5 Å². The largest absolute Gasteiger partial charge is 0.481 e. The average molecular weight is 393 g/mol. The second-order valence-electron chi connectivity index (χ2n) is 6.56. The number of likely N-dealkylation sites (tertiary alicyclic amines) is 1. The number of carbonyl (C=O) groups excluding carboxylic acids is 1. The van der Waals surface area contributed by atoms with Crippen LogP contribution in [0, 0.1) is 5.82 Å². The van der Waals surface area contributed by atoms with Gasteiger partial charge in [0.15, 0.2) is 0 Å². The molecule has 8 heteroatoms. The topological polar surface area (TPSA) is 66.8 Å². The van der Waals surface area contributed by atoms with Crippen LogP contribution >= 0.6 is 0 Å². The quantitative estimate of drug-likeness (QED) is 0.842. The Hall–Kier alpha value is -3.03. The third kappa shape index (κ3) is 3.81. The number of carbonyl (C=O) groups is 2. The zero-order valence-electron chi connectivity index (χ0n) is 14.8. The van der Waals surface area contributed by atoms with E-state index in [2.05, 4.69) is 4.74 Å². The van der Waals surface area contributed by atoms with Crippen LogP contribution in [-0.4, -0.2) is 41.6 Å². The predicted octanol–water partition coefficient (Wildman–Crippen LogP) is 3.69. The number of amides is 1. The summed E-state index contributed by atoms with van der Waals surface area (Å²) in [6, 6.07) is 11.6. The highest BCUT2D eigenvalue weighted by atomic mass is 19.3. The molecular weight excluding hydrogens is 375 g/mol. The smallest absolute Gasteiger partial charge is 0.387 e. The van der Waals surface area contributed by atoms with Gasteiger partial charge in [0.1, 0.15) is 11.6 Å². The molecule has 0 aliphatic carbocycles. The zero-order valence-corrected chi connectivity index (χ0v) is 14.8. The van der Waals surface area contributed by atoms with Gasteiger partial charge in [-0.05, 0) is 30.5 Å². The second kappa shape index (κ2) is 7.92. The lowest BCUT2D eigenvalue weighted by molar-refractivity contribution is -0.145. The fourth-order valence-corrected chi connectivity index (χ4v) is 3.51. The Labute approximate surface area is 159 Å². The number of carboxylic acid groups (broad SMARTS) is 1. The summed E-state index contributed by atoms with van der Waals surface area (Å²) in [6.45, 7) is -2.97. The normalized spacial score (nSPS) is 16.1. The van der Waals surface area contributed by atoms with Crippen molar-refractivity contribution in [1.29, 1.82) is 0 Å². The molecule has 0 atom stereocenters. The number of aliphatic carboxylic acids is 1. The molecule has 1 heterocycles.